The summed E-state index contributed by atoms with van der Waals surface area (Å²) in [5.41, 5.74) is 9.62. The molecular weight excluding hydrogens is 186 g/mol. The molecule has 1 aromatic rings. The van der Waals surface area contributed by atoms with E-state index in [1.807, 2.05) is 32.0 Å². The van der Waals surface area contributed by atoms with Crippen LogP contribution in [0.4, 0.5) is 0 Å². The monoisotopic (exact) mass is 203 g/mol. The van der Waals surface area contributed by atoms with Crippen LogP contribution in [0.1, 0.15) is 24.5 Å². The van der Waals surface area contributed by atoms with Gasteiger partial charge < -0.3 is 5.73 Å². The zero-order valence-electron chi connectivity index (χ0n) is 9.29. The van der Waals surface area contributed by atoms with Gasteiger partial charge >= 0.3 is 0 Å². The van der Waals surface area contributed by atoms with Gasteiger partial charge in [0.1, 0.15) is 6.29 Å². The summed E-state index contributed by atoms with van der Waals surface area (Å²) >= 11 is 0. The molecule has 0 atom stereocenters. The van der Waals surface area contributed by atoms with Gasteiger partial charge in [0, 0.05) is 17.7 Å². The van der Waals surface area contributed by atoms with Crippen LogP contribution in [0.15, 0.2) is 35.5 Å². The summed E-state index contributed by atoms with van der Waals surface area (Å²) in [6.07, 6.45) is 2.20. The molecule has 80 valence electrons. The molecule has 2 nitrogen and oxygen atoms in total. The fourth-order valence-electron chi connectivity index (χ4n) is 1.54. The second-order valence-corrected chi connectivity index (χ2v) is 3.69. The normalized spacial score (nSPS) is 12.1. The van der Waals surface area contributed by atoms with E-state index in [1.165, 1.54) is 5.56 Å². The first-order valence-electron chi connectivity index (χ1n) is 5.15. The van der Waals surface area contributed by atoms with Crippen LogP contribution in [0.5, 0.6) is 0 Å². The van der Waals surface area contributed by atoms with Crippen LogP contribution in [-0.2, 0) is 11.2 Å². The third kappa shape index (κ3) is 3.24. The maximum absolute atomic E-state index is 10.7. The SMILES string of the molecule is CC/C(C=O)=C(\N)Cc1cccc(C)c1. The van der Waals surface area contributed by atoms with Crippen molar-refractivity contribution in [3.05, 3.63) is 46.7 Å². The lowest BCUT2D eigenvalue weighted by Gasteiger charge is -2.05. The summed E-state index contributed by atoms with van der Waals surface area (Å²) < 4.78 is 0. The number of carbonyl (C=O) groups is 1. The minimum atomic E-state index is 0.656. The van der Waals surface area contributed by atoms with Crippen LogP contribution in [-0.4, -0.2) is 6.29 Å². The van der Waals surface area contributed by atoms with E-state index in [-0.39, 0.29) is 0 Å². The predicted molar refractivity (Wildman–Crippen MR) is 62.5 cm³/mol. The van der Waals surface area contributed by atoms with Crippen molar-refractivity contribution in [1.82, 2.24) is 0 Å². The Labute approximate surface area is 90.8 Å². The molecule has 0 unspecified atom stereocenters. The summed E-state index contributed by atoms with van der Waals surface area (Å²) in [6.45, 7) is 3.98. The molecule has 0 heterocycles. The van der Waals surface area contributed by atoms with Crippen LogP contribution >= 0.6 is 0 Å². The molecule has 2 N–H and O–H groups in total. The van der Waals surface area contributed by atoms with Gasteiger partial charge in [-0.15, -0.1) is 0 Å². The minimum absolute atomic E-state index is 0.656. The van der Waals surface area contributed by atoms with Crippen LogP contribution in [0.3, 0.4) is 0 Å². The Morgan fingerprint density at radius 1 is 1.47 bits per heavy atom. The molecule has 0 bridgehead atoms. The van der Waals surface area contributed by atoms with Gasteiger partial charge in [-0.05, 0) is 18.9 Å². The highest BCUT2D eigenvalue weighted by molar-refractivity contribution is 5.74. The van der Waals surface area contributed by atoms with E-state index >= 15 is 0 Å². The molecule has 2 heteroatoms. The first kappa shape index (κ1) is 11.5. The first-order valence-corrected chi connectivity index (χ1v) is 5.15. The van der Waals surface area contributed by atoms with Crippen LogP contribution < -0.4 is 5.73 Å². The Hall–Kier alpha value is -1.57. The molecule has 1 aromatic carbocycles. The lowest BCUT2D eigenvalue weighted by Crippen LogP contribution is -2.06. The zero-order valence-corrected chi connectivity index (χ0v) is 9.29. The second kappa shape index (κ2) is 5.35. The number of nitrogens with two attached hydrogens (primary N) is 1. The number of benzene rings is 1. The quantitative estimate of drug-likeness (QED) is 0.603. The van der Waals surface area contributed by atoms with E-state index in [0.29, 0.717) is 24.1 Å². The molecule has 0 radical (unpaired) electrons. The van der Waals surface area contributed by atoms with Crippen molar-refractivity contribution < 1.29 is 4.79 Å². The van der Waals surface area contributed by atoms with Gasteiger partial charge in [-0.25, -0.2) is 0 Å². The summed E-state index contributed by atoms with van der Waals surface area (Å²) in [5, 5.41) is 0. The van der Waals surface area contributed by atoms with Crippen LogP contribution in [0, 0.1) is 6.92 Å². The van der Waals surface area contributed by atoms with E-state index in [2.05, 4.69) is 6.07 Å². The van der Waals surface area contributed by atoms with Gasteiger partial charge in [-0.3, -0.25) is 4.79 Å². The molecule has 0 aromatic heterocycles. The number of aldehydes is 1. The van der Waals surface area contributed by atoms with Crippen molar-refractivity contribution >= 4 is 6.29 Å². The average Bonchev–Trinajstić information content (AvgIpc) is 2.19. The largest absolute Gasteiger partial charge is 0.401 e. The average molecular weight is 203 g/mol. The van der Waals surface area contributed by atoms with Crippen molar-refractivity contribution in [2.24, 2.45) is 5.73 Å². The zero-order chi connectivity index (χ0) is 11.3. The van der Waals surface area contributed by atoms with Gasteiger partial charge in [0.25, 0.3) is 0 Å². The van der Waals surface area contributed by atoms with E-state index in [1.54, 1.807) is 0 Å². The highest BCUT2D eigenvalue weighted by atomic mass is 16.1. The molecule has 0 fully saturated rings. The van der Waals surface area contributed by atoms with Gasteiger partial charge in [-0.1, -0.05) is 36.8 Å². The summed E-state index contributed by atoms with van der Waals surface area (Å²) in [4.78, 5) is 10.7. The molecular formula is C13H17NO. The van der Waals surface area contributed by atoms with Crippen molar-refractivity contribution in [3.8, 4) is 0 Å². The van der Waals surface area contributed by atoms with Crippen LogP contribution in [0.25, 0.3) is 0 Å². The third-order valence-electron chi connectivity index (χ3n) is 2.41. The van der Waals surface area contributed by atoms with E-state index in [4.69, 9.17) is 5.73 Å². The summed E-state index contributed by atoms with van der Waals surface area (Å²) in [5.74, 6) is 0. The van der Waals surface area contributed by atoms with E-state index in [9.17, 15) is 4.79 Å². The molecule has 15 heavy (non-hydrogen) atoms. The molecule has 0 saturated carbocycles. The van der Waals surface area contributed by atoms with Gasteiger partial charge in [-0.2, -0.15) is 0 Å². The molecule has 0 saturated heterocycles. The Kier molecular flexibility index (Phi) is 4.10. The summed E-state index contributed by atoms with van der Waals surface area (Å²) in [6, 6.07) is 8.16. The number of hydrogen-bond acceptors (Lipinski definition) is 2. The van der Waals surface area contributed by atoms with Gasteiger partial charge in [0.2, 0.25) is 0 Å². The molecule has 1 rings (SSSR count). The Morgan fingerprint density at radius 2 is 2.20 bits per heavy atom. The highest BCUT2D eigenvalue weighted by Gasteiger charge is 2.01. The van der Waals surface area contributed by atoms with Crippen molar-refractivity contribution in [2.45, 2.75) is 26.7 Å². The number of allylic oxidation sites excluding steroid dienone is 2. The first-order chi connectivity index (χ1) is 7.17. The minimum Gasteiger partial charge on any atom is -0.401 e. The Bertz CT molecular complexity index is 380. The maximum Gasteiger partial charge on any atom is 0.147 e. The second-order valence-electron chi connectivity index (χ2n) is 3.69. The fourth-order valence-corrected chi connectivity index (χ4v) is 1.54. The topological polar surface area (TPSA) is 43.1 Å². The standard InChI is InChI=1S/C13H17NO/c1-3-12(9-15)13(14)8-11-6-4-5-10(2)7-11/h4-7,9H,3,8,14H2,1-2H3/b13-12+. The Balaban J connectivity index is 2.86. The molecule has 0 aliphatic carbocycles. The number of hydrogen-bond donors (Lipinski definition) is 1. The maximum atomic E-state index is 10.7. The van der Waals surface area contributed by atoms with Gasteiger partial charge in [0.05, 0.1) is 0 Å². The molecule has 0 aliphatic heterocycles. The highest BCUT2D eigenvalue weighted by Crippen LogP contribution is 2.10. The predicted octanol–water partition coefficient (Wildman–Crippen LogP) is 2.36. The third-order valence-corrected chi connectivity index (χ3v) is 2.41. The van der Waals surface area contributed by atoms with Crippen molar-refractivity contribution in [1.29, 1.82) is 0 Å². The van der Waals surface area contributed by atoms with Crippen LogP contribution in [0.2, 0.25) is 0 Å². The smallest absolute Gasteiger partial charge is 0.147 e. The number of rotatable bonds is 4. The van der Waals surface area contributed by atoms with Gasteiger partial charge in [0.15, 0.2) is 0 Å². The summed E-state index contributed by atoms with van der Waals surface area (Å²) in [7, 11) is 0. The van der Waals surface area contributed by atoms with Crippen molar-refractivity contribution in [2.75, 3.05) is 0 Å². The lowest BCUT2D eigenvalue weighted by molar-refractivity contribution is -0.105. The lowest BCUT2D eigenvalue weighted by atomic mass is 10.0. The fraction of sp³-hybridized carbons (Fsp3) is 0.308. The molecule has 0 spiro atoms. The van der Waals surface area contributed by atoms with E-state index in [0.717, 1.165) is 11.8 Å². The molecule has 0 amide bonds. The molecule has 0 aliphatic rings. The number of carbonyl (C=O) groups excluding carboxylic acids is 1. The van der Waals surface area contributed by atoms with E-state index < -0.39 is 0 Å². The van der Waals surface area contributed by atoms with Crippen molar-refractivity contribution in [3.63, 3.8) is 0 Å². The Morgan fingerprint density at radius 3 is 2.73 bits per heavy atom. The number of aryl methyl sites for hydroxylation is 1.